The molecule has 0 aliphatic rings. The van der Waals surface area contributed by atoms with Gasteiger partial charge in [0, 0.05) is 29.2 Å². The van der Waals surface area contributed by atoms with Gasteiger partial charge in [0.1, 0.15) is 23.3 Å². The van der Waals surface area contributed by atoms with E-state index in [0.29, 0.717) is 12.1 Å². The third-order valence-electron chi connectivity index (χ3n) is 2.94. The zero-order valence-electron chi connectivity index (χ0n) is 13.6. The Kier molecular flexibility index (Phi) is 10.7. The minimum atomic E-state index is -4.09. The molecule has 0 aliphatic heterocycles. The van der Waals surface area contributed by atoms with E-state index in [0.717, 1.165) is 12.1 Å². The summed E-state index contributed by atoms with van der Waals surface area (Å²) in [6.45, 7) is 1.41. The van der Waals surface area contributed by atoms with Crippen LogP contribution >= 0.6 is 42.5 Å². The molecule has 0 saturated heterocycles. The van der Waals surface area contributed by atoms with Crippen LogP contribution in [0.25, 0.3) is 0 Å². The largest absolute Gasteiger partial charge is 0.261 e. The number of benzene rings is 2. The molecule has 1 radical (unpaired) electrons. The van der Waals surface area contributed by atoms with Crippen molar-refractivity contribution >= 4 is 61.4 Å². The van der Waals surface area contributed by atoms with Crippen LogP contribution in [0, 0.1) is 23.3 Å². The van der Waals surface area contributed by atoms with E-state index < -0.39 is 51.5 Å². The molecule has 0 amide bonds. The first-order valence-electron chi connectivity index (χ1n) is 6.67. The number of sulfone groups is 1. The van der Waals surface area contributed by atoms with Crippen LogP contribution in [0.15, 0.2) is 43.0 Å². The van der Waals surface area contributed by atoms with Crippen LogP contribution in [-0.4, -0.2) is 22.6 Å². The Balaban J connectivity index is 0.000000504. The molecule has 0 fully saturated rings. The van der Waals surface area contributed by atoms with Gasteiger partial charge in [-0.05, 0) is 56.1 Å². The van der Waals surface area contributed by atoms with Gasteiger partial charge >= 0.3 is 0 Å². The van der Waals surface area contributed by atoms with Gasteiger partial charge < -0.3 is 0 Å². The molecule has 14 heteroatoms. The molecule has 0 atom stereocenters. The van der Waals surface area contributed by atoms with Crippen LogP contribution in [0.1, 0.15) is 6.92 Å². The minimum absolute atomic E-state index is 0. The van der Waals surface area contributed by atoms with Crippen LogP contribution in [0.2, 0.25) is 0 Å². The maximum absolute atomic E-state index is 13.0. The first kappa shape index (κ1) is 27.9. The Morgan fingerprint density at radius 2 is 1.07 bits per heavy atom. The van der Waals surface area contributed by atoms with Crippen LogP contribution in [-0.2, 0) is 37.4 Å². The normalized spacial score (nSPS) is 11.3. The summed E-state index contributed by atoms with van der Waals surface area (Å²) in [5.74, 6) is -4.06. The van der Waals surface area contributed by atoms with E-state index in [1.165, 1.54) is 6.92 Å². The summed E-state index contributed by atoms with van der Waals surface area (Å²) in [5.41, 5.74) is 0. The molecule has 0 aromatic heterocycles. The predicted octanol–water partition coefficient (Wildman–Crippen LogP) is 5.17. The van der Waals surface area contributed by atoms with E-state index in [9.17, 15) is 34.4 Å². The molecular formula is C14H9Br2ClF4O4S2V. The Bertz CT molecular complexity index is 1040. The van der Waals surface area contributed by atoms with Crippen LogP contribution in [0.4, 0.5) is 17.6 Å². The summed E-state index contributed by atoms with van der Waals surface area (Å²) >= 11 is 5.25. The summed E-state index contributed by atoms with van der Waals surface area (Å²) in [6, 6.07) is 2.86. The Morgan fingerprint density at radius 3 is 1.32 bits per heavy atom. The molecular weight excluding hydrogens is 618 g/mol. The Hall–Kier alpha value is -0.106. The minimum Gasteiger partial charge on any atom is -0.224 e. The maximum atomic E-state index is 13.0. The van der Waals surface area contributed by atoms with Gasteiger partial charge in [0.15, 0.2) is 9.84 Å². The topological polar surface area (TPSA) is 68.3 Å². The molecule has 0 spiro atoms. The second kappa shape index (κ2) is 10.8. The first-order chi connectivity index (χ1) is 12.2. The molecule has 0 saturated carbocycles. The summed E-state index contributed by atoms with van der Waals surface area (Å²) in [5, 5.41) is 0. The quantitative estimate of drug-likeness (QED) is 0.268. The third-order valence-corrected chi connectivity index (χ3v) is 7.50. The van der Waals surface area contributed by atoms with Crippen LogP contribution in [0.3, 0.4) is 0 Å². The van der Waals surface area contributed by atoms with Crippen LogP contribution < -0.4 is 0 Å². The van der Waals surface area contributed by atoms with Crippen molar-refractivity contribution in [2.24, 2.45) is 0 Å². The van der Waals surface area contributed by atoms with Crippen molar-refractivity contribution in [3.05, 3.63) is 56.5 Å². The Labute approximate surface area is 192 Å². The van der Waals surface area contributed by atoms with E-state index in [1.807, 2.05) is 0 Å². The van der Waals surface area contributed by atoms with Gasteiger partial charge in [-0.1, -0.05) is 6.92 Å². The van der Waals surface area contributed by atoms with E-state index >= 15 is 0 Å². The van der Waals surface area contributed by atoms with Gasteiger partial charge in [-0.25, -0.2) is 34.4 Å². The smallest absolute Gasteiger partial charge is 0.224 e. The number of rotatable bonds is 3. The van der Waals surface area contributed by atoms with Crippen molar-refractivity contribution < 1.29 is 53.0 Å². The fourth-order valence-corrected chi connectivity index (χ4v) is 3.66. The fraction of sp³-hybridized carbons (Fsp3) is 0.143. The SMILES string of the molecule is CCS(=O)(=O)c1cc(F)c(Br)c(F)c1.O=S(=O)(Cl)c1cc(F)c(Br)c(F)c1.[V]. The molecule has 2 aromatic rings. The second-order valence-electron chi connectivity index (χ2n) is 4.74. The van der Waals surface area contributed by atoms with Gasteiger partial charge in [-0.15, -0.1) is 0 Å². The second-order valence-corrected chi connectivity index (χ2v) is 11.2. The zero-order chi connectivity index (χ0) is 21.2. The van der Waals surface area contributed by atoms with Crippen molar-refractivity contribution in [1.82, 2.24) is 0 Å². The van der Waals surface area contributed by atoms with E-state index in [-0.39, 0.29) is 33.7 Å². The monoisotopic (exact) mass is 625 g/mol. The molecule has 4 nitrogen and oxygen atoms in total. The number of hydrogen-bond acceptors (Lipinski definition) is 4. The summed E-state index contributed by atoms with van der Waals surface area (Å²) < 4.78 is 94.5. The van der Waals surface area contributed by atoms with E-state index in [2.05, 4.69) is 31.9 Å². The molecule has 0 N–H and O–H groups in total. The summed E-state index contributed by atoms with van der Waals surface area (Å²) in [7, 11) is -2.78. The molecule has 28 heavy (non-hydrogen) atoms. The number of hydrogen-bond donors (Lipinski definition) is 0. The molecule has 0 aliphatic carbocycles. The van der Waals surface area contributed by atoms with Gasteiger partial charge in [0.25, 0.3) is 9.05 Å². The predicted molar refractivity (Wildman–Crippen MR) is 98.9 cm³/mol. The average Bonchev–Trinajstić information content (AvgIpc) is 2.56. The number of halogens is 7. The van der Waals surface area contributed by atoms with E-state index in [4.69, 9.17) is 10.7 Å². The molecule has 2 aromatic carbocycles. The van der Waals surface area contributed by atoms with E-state index in [1.54, 1.807) is 0 Å². The standard InChI is InChI=1S/C8H7BrF2O2S.C6H2BrClF2O2S.V/c1-2-14(12,13)5-3-6(10)8(9)7(11)4-5;7-6-4(9)1-3(2-5(6)10)13(8,11)12;/h3-4H,2H2,1H3;1-2H;. The van der Waals surface area contributed by atoms with Gasteiger partial charge in [-0.2, -0.15) is 0 Å². The first-order valence-corrected chi connectivity index (χ1v) is 12.2. The maximum Gasteiger partial charge on any atom is 0.261 e. The van der Waals surface area contributed by atoms with Crippen molar-refractivity contribution in [2.75, 3.05) is 5.75 Å². The van der Waals surface area contributed by atoms with Gasteiger partial charge in [0.05, 0.1) is 24.5 Å². The zero-order valence-corrected chi connectivity index (χ0v) is 20.5. The fourth-order valence-electron chi connectivity index (χ4n) is 1.55. The summed E-state index contributed by atoms with van der Waals surface area (Å²) in [4.78, 5) is -0.939. The van der Waals surface area contributed by atoms with Crippen LogP contribution in [0.5, 0.6) is 0 Å². The Morgan fingerprint density at radius 1 is 0.786 bits per heavy atom. The van der Waals surface area contributed by atoms with Gasteiger partial charge in [-0.3, -0.25) is 0 Å². The van der Waals surface area contributed by atoms with Crippen molar-refractivity contribution in [3.8, 4) is 0 Å². The van der Waals surface area contributed by atoms with Crippen molar-refractivity contribution in [3.63, 3.8) is 0 Å². The van der Waals surface area contributed by atoms with Crippen molar-refractivity contribution in [2.45, 2.75) is 16.7 Å². The summed E-state index contributed by atoms with van der Waals surface area (Å²) in [6.07, 6.45) is 0. The molecule has 0 bridgehead atoms. The molecule has 2 rings (SSSR count). The van der Waals surface area contributed by atoms with Gasteiger partial charge in [0.2, 0.25) is 0 Å². The third kappa shape index (κ3) is 7.30. The van der Waals surface area contributed by atoms with Crippen molar-refractivity contribution in [1.29, 1.82) is 0 Å². The molecule has 0 unspecified atom stereocenters. The molecule has 155 valence electrons. The average molecular weight is 628 g/mol. The molecule has 0 heterocycles.